The van der Waals surface area contributed by atoms with Crippen molar-refractivity contribution in [2.45, 2.75) is 6.92 Å². The number of imidazole rings is 2. The number of rotatable bonds is 3. The van der Waals surface area contributed by atoms with Crippen LogP contribution in [-0.2, 0) is 0 Å². The van der Waals surface area contributed by atoms with Gasteiger partial charge in [-0.05, 0) is 52.2 Å². The highest BCUT2D eigenvalue weighted by Crippen LogP contribution is 2.31. The molecule has 3 aromatic rings. The zero-order valence-corrected chi connectivity index (χ0v) is 13.8. The van der Waals surface area contributed by atoms with Gasteiger partial charge in [0.25, 0.3) is 0 Å². The minimum atomic E-state index is -0.506. The molecule has 0 aliphatic carbocycles. The van der Waals surface area contributed by atoms with Gasteiger partial charge in [0.05, 0.1) is 10.8 Å². The molecule has 0 amide bonds. The molecule has 3 rings (SSSR count). The van der Waals surface area contributed by atoms with Crippen molar-refractivity contribution in [1.82, 2.24) is 19.1 Å². The maximum atomic E-state index is 12.0. The number of nitrogens with zero attached hydrogens (tertiary/aromatic N) is 4. The lowest BCUT2D eigenvalue weighted by Crippen LogP contribution is -2.15. The van der Waals surface area contributed by atoms with Crippen LogP contribution in [0.2, 0.25) is 0 Å². The number of halogens is 1. The second kappa shape index (κ2) is 6.62. The second-order valence-electron chi connectivity index (χ2n) is 4.81. The minimum Gasteiger partial charge on any atom is -0.408 e. The lowest BCUT2D eigenvalue weighted by Gasteiger charge is -2.10. The molecule has 6 nitrogen and oxygen atoms in total. The lowest BCUT2D eigenvalue weighted by atomic mass is 10.1. The normalized spacial score (nSPS) is 11.0. The van der Waals surface area contributed by atoms with E-state index in [-0.39, 0.29) is 0 Å². The summed E-state index contributed by atoms with van der Waals surface area (Å²) in [5, 5.41) is 0. The number of hydrogen-bond acceptors (Lipinski definition) is 4. The van der Waals surface area contributed by atoms with Gasteiger partial charge in [0.1, 0.15) is 12.1 Å². The molecule has 7 heteroatoms. The van der Waals surface area contributed by atoms with Crippen LogP contribution in [0.25, 0.3) is 12.3 Å². The molecule has 0 atom stereocenters. The van der Waals surface area contributed by atoms with Crippen LogP contribution in [0.3, 0.4) is 0 Å². The summed E-state index contributed by atoms with van der Waals surface area (Å²) in [6, 6.07) is 3.83. The number of aromatic nitrogens is 4. The number of aryl methyl sites for hydroxylation is 1. The van der Waals surface area contributed by atoms with E-state index in [0.717, 1.165) is 11.1 Å². The summed E-state index contributed by atoms with van der Waals surface area (Å²) >= 11 is 3.45. The Hall–Kier alpha value is -2.67. The van der Waals surface area contributed by atoms with Crippen LogP contribution >= 0.6 is 15.9 Å². The third-order valence-electron chi connectivity index (χ3n) is 3.12. The predicted octanol–water partition coefficient (Wildman–Crippen LogP) is 3.83. The van der Waals surface area contributed by atoms with Crippen molar-refractivity contribution in [3.63, 3.8) is 0 Å². The van der Waals surface area contributed by atoms with E-state index in [2.05, 4.69) is 25.9 Å². The van der Waals surface area contributed by atoms with Gasteiger partial charge >= 0.3 is 6.09 Å². The molecular weight excluding hydrogens is 360 g/mol. The summed E-state index contributed by atoms with van der Waals surface area (Å²) in [4.78, 5) is 19.8. The number of ether oxygens (including phenoxy) is 1. The molecule has 0 bridgehead atoms. The van der Waals surface area contributed by atoms with Crippen molar-refractivity contribution in [2.24, 2.45) is 0 Å². The zero-order valence-electron chi connectivity index (χ0n) is 12.3. The van der Waals surface area contributed by atoms with Crippen LogP contribution in [-0.4, -0.2) is 25.2 Å². The van der Waals surface area contributed by atoms with Crippen molar-refractivity contribution in [2.75, 3.05) is 0 Å². The Bertz CT molecular complexity index is 816. The van der Waals surface area contributed by atoms with Crippen LogP contribution in [0.4, 0.5) is 4.79 Å². The zero-order chi connectivity index (χ0) is 16.2. The van der Waals surface area contributed by atoms with Crippen molar-refractivity contribution >= 4 is 34.3 Å². The van der Waals surface area contributed by atoms with E-state index in [1.165, 1.54) is 23.3 Å². The van der Waals surface area contributed by atoms with Crippen LogP contribution in [0.1, 0.15) is 11.1 Å². The van der Waals surface area contributed by atoms with Crippen molar-refractivity contribution in [1.29, 1.82) is 0 Å². The SMILES string of the molecule is Cc1cc(/C=C/n2ccnc2)cc(Br)c1OC(=O)n1ccnc1. The maximum absolute atomic E-state index is 12.0. The number of carbonyl (C=O) groups excluding carboxylic acids is 1. The predicted molar refractivity (Wildman–Crippen MR) is 90.0 cm³/mol. The van der Waals surface area contributed by atoms with Gasteiger partial charge in [0, 0.05) is 31.0 Å². The highest BCUT2D eigenvalue weighted by Gasteiger charge is 2.13. The first kappa shape index (κ1) is 15.2. The summed E-state index contributed by atoms with van der Waals surface area (Å²) < 4.78 is 9.25. The summed E-state index contributed by atoms with van der Waals surface area (Å²) in [5.41, 5.74) is 1.82. The fourth-order valence-corrected chi connectivity index (χ4v) is 2.68. The minimum absolute atomic E-state index is 0.489. The number of hydrogen-bond donors (Lipinski definition) is 0. The Morgan fingerprint density at radius 2 is 2.00 bits per heavy atom. The Kier molecular flexibility index (Phi) is 4.38. The smallest absolute Gasteiger partial charge is 0.408 e. The van der Waals surface area contributed by atoms with Gasteiger partial charge in [-0.15, -0.1) is 0 Å². The molecule has 0 N–H and O–H groups in total. The van der Waals surface area contributed by atoms with E-state index in [0.29, 0.717) is 10.2 Å². The molecule has 0 fully saturated rings. The molecule has 0 spiro atoms. The Morgan fingerprint density at radius 1 is 1.22 bits per heavy atom. The molecule has 0 saturated carbocycles. The van der Waals surface area contributed by atoms with Crippen LogP contribution in [0.15, 0.2) is 54.0 Å². The fraction of sp³-hybridized carbons (Fsp3) is 0.0625. The molecule has 116 valence electrons. The second-order valence-corrected chi connectivity index (χ2v) is 5.67. The van der Waals surface area contributed by atoms with Gasteiger partial charge in [-0.1, -0.05) is 0 Å². The van der Waals surface area contributed by atoms with E-state index in [1.54, 1.807) is 12.5 Å². The third kappa shape index (κ3) is 3.57. The Labute approximate surface area is 141 Å². The van der Waals surface area contributed by atoms with E-state index in [1.807, 2.05) is 42.1 Å². The number of benzene rings is 1. The standard InChI is InChI=1S/C16H13BrN4O2/c1-12-8-13(2-5-20-6-3-18-10-20)9-14(17)15(12)23-16(22)21-7-4-19-11-21/h2-11H,1H3/b5-2+. The monoisotopic (exact) mass is 372 g/mol. The molecule has 0 aliphatic heterocycles. The average Bonchev–Trinajstić information content (AvgIpc) is 3.21. The first-order chi connectivity index (χ1) is 11.1. The molecule has 2 aromatic heterocycles. The summed E-state index contributed by atoms with van der Waals surface area (Å²) in [5.74, 6) is 0.489. The van der Waals surface area contributed by atoms with E-state index >= 15 is 0 Å². The van der Waals surface area contributed by atoms with E-state index < -0.39 is 6.09 Å². The molecule has 2 heterocycles. The summed E-state index contributed by atoms with van der Waals surface area (Å²) in [6.45, 7) is 1.88. The lowest BCUT2D eigenvalue weighted by molar-refractivity contribution is 0.201. The molecule has 0 aliphatic rings. The summed E-state index contributed by atoms with van der Waals surface area (Å²) in [6.07, 6.45) is 13.1. The molecule has 0 saturated heterocycles. The van der Waals surface area contributed by atoms with E-state index in [9.17, 15) is 4.79 Å². The van der Waals surface area contributed by atoms with Gasteiger partial charge in [-0.3, -0.25) is 0 Å². The Balaban J connectivity index is 1.81. The van der Waals surface area contributed by atoms with Crippen molar-refractivity contribution in [3.8, 4) is 5.75 Å². The van der Waals surface area contributed by atoms with Crippen LogP contribution in [0, 0.1) is 6.92 Å². The topological polar surface area (TPSA) is 61.9 Å². The first-order valence-corrected chi connectivity index (χ1v) is 7.59. The van der Waals surface area contributed by atoms with Gasteiger partial charge in [-0.2, -0.15) is 0 Å². The molecular formula is C16H13BrN4O2. The largest absolute Gasteiger partial charge is 0.424 e. The molecule has 0 radical (unpaired) electrons. The van der Waals surface area contributed by atoms with Crippen LogP contribution in [0.5, 0.6) is 5.75 Å². The van der Waals surface area contributed by atoms with Crippen LogP contribution < -0.4 is 4.74 Å². The maximum Gasteiger partial charge on any atom is 0.424 e. The highest BCUT2D eigenvalue weighted by molar-refractivity contribution is 9.10. The van der Waals surface area contributed by atoms with E-state index in [4.69, 9.17) is 4.74 Å². The third-order valence-corrected chi connectivity index (χ3v) is 3.71. The van der Waals surface area contributed by atoms with Gasteiger partial charge in [0.15, 0.2) is 0 Å². The van der Waals surface area contributed by atoms with Gasteiger partial charge in [0.2, 0.25) is 0 Å². The summed E-state index contributed by atoms with van der Waals surface area (Å²) in [7, 11) is 0. The molecule has 0 unspecified atom stereocenters. The quantitative estimate of drug-likeness (QED) is 0.700. The Morgan fingerprint density at radius 3 is 2.65 bits per heavy atom. The van der Waals surface area contributed by atoms with Gasteiger partial charge < -0.3 is 9.30 Å². The van der Waals surface area contributed by atoms with Crippen molar-refractivity contribution in [3.05, 3.63) is 65.2 Å². The van der Waals surface area contributed by atoms with Crippen molar-refractivity contribution < 1.29 is 9.53 Å². The first-order valence-electron chi connectivity index (χ1n) is 6.79. The average molecular weight is 373 g/mol. The number of carbonyl (C=O) groups is 1. The van der Waals surface area contributed by atoms with Gasteiger partial charge in [-0.25, -0.2) is 19.3 Å². The molecule has 1 aromatic carbocycles. The highest BCUT2D eigenvalue weighted by atomic mass is 79.9. The molecule has 23 heavy (non-hydrogen) atoms. The fourth-order valence-electron chi connectivity index (χ4n) is 2.02.